The smallest absolute Gasteiger partial charge is 0.0101 e. The summed E-state index contributed by atoms with van der Waals surface area (Å²) >= 11 is 0. The average molecular weight is 209 g/mol. The van der Waals surface area contributed by atoms with Crippen molar-refractivity contribution in [3.05, 3.63) is 0 Å². The Bertz CT molecular complexity index is 217. The first-order valence-electron chi connectivity index (χ1n) is 6.74. The van der Waals surface area contributed by atoms with E-state index in [9.17, 15) is 0 Å². The maximum absolute atomic E-state index is 3.89. The summed E-state index contributed by atoms with van der Waals surface area (Å²) in [5.74, 6) is 1.84. The maximum atomic E-state index is 3.89. The van der Waals surface area contributed by atoms with E-state index >= 15 is 0 Å². The topological polar surface area (TPSA) is 12.0 Å². The van der Waals surface area contributed by atoms with E-state index in [1.807, 2.05) is 0 Å². The van der Waals surface area contributed by atoms with E-state index in [0.717, 1.165) is 23.9 Å². The van der Waals surface area contributed by atoms with Gasteiger partial charge in [-0.3, -0.25) is 0 Å². The molecule has 88 valence electrons. The Labute approximate surface area is 95.0 Å². The zero-order valence-electron chi connectivity index (χ0n) is 10.8. The average Bonchev–Trinajstić information content (AvgIpc) is 2.20. The molecule has 0 aromatic carbocycles. The highest BCUT2D eigenvalue weighted by molar-refractivity contribution is 4.93. The van der Waals surface area contributed by atoms with Gasteiger partial charge in [-0.1, -0.05) is 27.2 Å². The molecule has 1 nitrogen and oxygen atoms in total. The van der Waals surface area contributed by atoms with Crippen LogP contribution in [0.2, 0.25) is 0 Å². The predicted octanol–water partition coefficient (Wildman–Crippen LogP) is 3.59. The molecule has 0 aromatic heterocycles. The molecular formula is C14H27N. The van der Waals surface area contributed by atoms with Gasteiger partial charge in [0.15, 0.2) is 0 Å². The first-order chi connectivity index (χ1) is 6.98. The van der Waals surface area contributed by atoms with Crippen LogP contribution in [0.4, 0.5) is 0 Å². The van der Waals surface area contributed by atoms with Crippen molar-refractivity contribution in [2.75, 3.05) is 0 Å². The summed E-state index contributed by atoms with van der Waals surface area (Å²) in [7, 11) is 0. The van der Waals surface area contributed by atoms with Crippen LogP contribution in [-0.4, -0.2) is 12.1 Å². The van der Waals surface area contributed by atoms with Gasteiger partial charge in [-0.25, -0.2) is 0 Å². The molecule has 2 saturated carbocycles. The Morgan fingerprint density at radius 3 is 2.27 bits per heavy atom. The molecule has 0 radical (unpaired) electrons. The van der Waals surface area contributed by atoms with Crippen LogP contribution in [-0.2, 0) is 0 Å². The van der Waals surface area contributed by atoms with Gasteiger partial charge in [-0.15, -0.1) is 0 Å². The molecule has 15 heavy (non-hydrogen) atoms. The molecule has 0 aliphatic heterocycles. The van der Waals surface area contributed by atoms with E-state index in [0.29, 0.717) is 5.41 Å². The fraction of sp³-hybridized carbons (Fsp3) is 1.00. The van der Waals surface area contributed by atoms with Crippen molar-refractivity contribution in [3.8, 4) is 0 Å². The standard InChI is InChI=1S/C14H27N/c1-10-8-14(3,4)9-13(10)15-11(2)12-6-5-7-12/h10-13,15H,5-9H2,1-4H3. The molecule has 3 atom stereocenters. The molecule has 3 unspecified atom stereocenters. The molecule has 2 rings (SSSR count). The van der Waals surface area contributed by atoms with Gasteiger partial charge in [-0.05, 0) is 49.9 Å². The summed E-state index contributed by atoms with van der Waals surface area (Å²) in [6, 6.07) is 1.52. The lowest BCUT2D eigenvalue weighted by molar-refractivity contribution is 0.215. The molecule has 2 fully saturated rings. The van der Waals surface area contributed by atoms with Gasteiger partial charge in [0, 0.05) is 12.1 Å². The molecular weight excluding hydrogens is 182 g/mol. The molecule has 2 aliphatic rings. The second-order valence-corrected chi connectivity index (χ2v) is 6.80. The van der Waals surface area contributed by atoms with Crippen LogP contribution in [0, 0.1) is 17.3 Å². The summed E-state index contributed by atoms with van der Waals surface area (Å²) in [5.41, 5.74) is 0.566. The third-order valence-electron chi connectivity index (χ3n) is 4.67. The van der Waals surface area contributed by atoms with Crippen LogP contribution in [0.25, 0.3) is 0 Å². The SMILES string of the molecule is CC1CC(C)(C)CC1NC(C)C1CCC1. The molecule has 0 aromatic rings. The van der Waals surface area contributed by atoms with Crippen LogP contribution in [0.15, 0.2) is 0 Å². The maximum Gasteiger partial charge on any atom is 0.0101 e. The van der Waals surface area contributed by atoms with Crippen LogP contribution in [0.1, 0.15) is 59.8 Å². The third-order valence-corrected chi connectivity index (χ3v) is 4.67. The Hall–Kier alpha value is -0.0400. The summed E-state index contributed by atoms with van der Waals surface area (Å²) in [4.78, 5) is 0. The Balaban J connectivity index is 1.83. The van der Waals surface area contributed by atoms with Gasteiger partial charge in [0.25, 0.3) is 0 Å². The molecule has 0 heterocycles. The molecule has 0 saturated heterocycles. The Morgan fingerprint density at radius 2 is 1.87 bits per heavy atom. The van der Waals surface area contributed by atoms with Crippen LogP contribution in [0.5, 0.6) is 0 Å². The van der Waals surface area contributed by atoms with E-state index in [1.54, 1.807) is 0 Å². The molecule has 1 heteroatoms. The number of hydrogen-bond acceptors (Lipinski definition) is 1. The zero-order chi connectivity index (χ0) is 11.1. The lowest BCUT2D eigenvalue weighted by Crippen LogP contribution is -2.44. The number of nitrogens with one attached hydrogen (secondary N) is 1. The van der Waals surface area contributed by atoms with E-state index < -0.39 is 0 Å². The first-order valence-corrected chi connectivity index (χ1v) is 6.74. The van der Waals surface area contributed by atoms with Crippen molar-refractivity contribution >= 4 is 0 Å². The summed E-state index contributed by atoms with van der Waals surface area (Å²) in [6.07, 6.45) is 7.13. The zero-order valence-corrected chi connectivity index (χ0v) is 10.8. The van der Waals surface area contributed by atoms with E-state index in [1.165, 1.54) is 32.1 Å². The Morgan fingerprint density at radius 1 is 1.20 bits per heavy atom. The largest absolute Gasteiger partial charge is 0.311 e. The molecule has 2 aliphatic carbocycles. The minimum Gasteiger partial charge on any atom is -0.311 e. The van der Waals surface area contributed by atoms with Crippen LogP contribution in [0.3, 0.4) is 0 Å². The van der Waals surface area contributed by atoms with Crippen molar-refractivity contribution in [2.24, 2.45) is 17.3 Å². The minimum atomic E-state index is 0.566. The van der Waals surface area contributed by atoms with Gasteiger partial charge < -0.3 is 5.32 Å². The number of hydrogen-bond donors (Lipinski definition) is 1. The summed E-state index contributed by atoms with van der Waals surface area (Å²) < 4.78 is 0. The van der Waals surface area contributed by atoms with Crippen molar-refractivity contribution in [3.63, 3.8) is 0 Å². The van der Waals surface area contributed by atoms with E-state index in [4.69, 9.17) is 0 Å². The normalized spacial score (nSPS) is 37.6. The fourth-order valence-electron chi connectivity index (χ4n) is 3.53. The summed E-state index contributed by atoms with van der Waals surface area (Å²) in [6.45, 7) is 9.64. The second kappa shape index (κ2) is 4.08. The van der Waals surface area contributed by atoms with Crippen molar-refractivity contribution in [2.45, 2.75) is 71.9 Å². The third kappa shape index (κ3) is 2.55. The van der Waals surface area contributed by atoms with Crippen molar-refractivity contribution in [1.29, 1.82) is 0 Å². The summed E-state index contributed by atoms with van der Waals surface area (Å²) in [5, 5.41) is 3.89. The van der Waals surface area contributed by atoms with E-state index in [-0.39, 0.29) is 0 Å². The van der Waals surface area contributed by atoms with Gasteiger partial charge in [0.05, 0.1) is 0 Å². The van der Waals surface area contributed by atoms with Gasteiger partial charge >= 0.3 is 0 Å². The van der Waals surface area contributed by atoms with Gasteiger partial charge in [0.2, 0.25) is 0 Å². The fourth-order valence-corrected chi connectivity index (χ4v) is 3.53. The lowest BCUT2D eigenvalue weighted by atomic mass is 9.80. The minimum absolute atomic E-state index is 0.566. The second-order valence-electron chi connectivity index (χ2n) is 6.80. The Kier molecular flexibility index (Phi) is 3.12. The molecule has 0 amide bonds. The molecule has 1 N–H and O–H groups in total. The molecule has 0 spiro atoms. The van der Waals surface area contributed by atoms with Crippen LogP contribution >= 0.6 is 0 Å². The van der Waals surface area contributed by atoms with E-state index in [2.05, 4.69) is 33.0 Å². The molecule has 0 bridgehead atoms. The van der Waals surface area contributed by atoms with Crippen molar-refractivity contribution in [1.82, 2.24) is 5.32 Å². The first kappa shape index (κ1) is 11.4. The van der Waals surface area contributed by atoms with Gasteiger partial charge in [0.1, 0.15) is 0 Å². The quantitative estimate of drug-likeness (QED) is 0.749. The predicted molar refractivity (Wildman–Crippen MR) is 65.9 cm³/mol. The lowest BCUT2D eigenvalue weighted by Gasteiger charge is -2.35. The highest BCUT2D eigenvalue weighted by atomic mass is 15.0. The van der Waals surface area contributed by atoms with Crippen LogP contribution < -0.4 is 5.32 Å². The highest BCUT2D eigenvalue weighted by Crippen LogP contribution is 2.41. The highest BCUT2D eigenvalue weighted by Gasteiger charge is 2.38. The van der Waals surface area contributed by atoms with Gasteiger partial charge in [-0.2, -0.15) is 0 Å². The number of rotatable bonds is 3. The monoisotopic (exact) mass is 209 g/mol. The van der Waals surface area contributed by atoms with Crippen molar-refractivity contribution < 1.29 is 0 Å².